The average molecular weight is 258 g/mol. The molecule has 0 nitrogen and oxygen atoms in total. The van der Waals surface area contributed by atoms with E-state index in [2.05, 4.69) is 50.3 Å². The maximum atomic E-state index is 3.52. The molecule has 0 aromatic heterocycles. The third kappa shape index (κ3) is 1.31. The number of halogens is 2. The van der Waals surface area contributed by atoms with Crippen LogP contribution >= 0.6 is 43.6 Å². The first-order valence-corrected chi connectivity index (χ1v) is 4.87. The lowest BCUT2D eigenvalue weighted by Gasteiger charge is -2.15. The van der Waals surface area contributed by atoms with Crippen LogP contribution in [0.3, 0.4) is 0 Å². The quantitative estimate of drug-likeness (QED) is 0.601. The molecule has 0 aliphatic carbocycles. The Hall–Kier alpha value is 1.05. The highest BCUT2D eigenvalue weighted by molar-refractivity contribution is 9.25. The van der Waals surface area contributed by atoms with Crippen LogP contribution in [-0.2, 0) is 0 Å². The van der Waals surface area contributed by atoms with Crippen molar-refractivity contribution in [3.8, 4) is 0 Å². The number of thioether (sulfide) groups is 1. The second-order valence-corrected chi connectivity index (χ2v) is 6.70. The van der Waals surface area contributed by atoms with Gasteiger partial charge in [-0.3, -0.25) is 0 Å². The normalized spacial score (nSPS) is 33.6. The van der Waals surface area contributed by atoms with Crippen LogP contribution in [-0.4, -0.2) is 8.48 Å². The number of alkyl halides is 2. The fraction of sp³-hybridized carbons (Fsp3) is 0.600. The van der Waals surface area contributed by atoms with E-state index in [0.29, 0.717) is 5.25 Å². The van der Waals surface area contributed by atoms with Gasteiger partial charge in [0.1, 0.15) is 3.23 Å². The Kier molecular flexibility index (Phi) is 2.10. The Bertz CT molecular complexity index is 120. The third-order valence-corrected chi connectivity index (χ3v) is 4.70. The van der Waals surface area contributed by atoms with Crippen molar-refractivity contribution in [3.05, 3.63) is 11.5 Å². The molecule has 1 aliphatic heterocycles. The summed E-state index contributed by atoms with van der Waals surface area (Å²) >= 11 is 8.86. The second-order valence-electron chi connectivity index (χ2n) is 1.76. The first-order valence-electron chi connectivity index (χ1n) is 2.34. The van der Waals surface area contributed by atoms with Crippen molar-refractivity contribution in [2.45, 2.75) is 15.4 Å². The second kappa shape index (κ2) is 2.35. The van der Waals surface area contributed by atoms with Crippen molar-refractivity contribution in [1.82, 2.24) is 0 Å². The molecular weight excluding hydrogens is 252 g/mol. The summed E-state index contributed by atoms with van der Waals surface area (Å²) in [7, 11) is 0. The predicted octanol–water partition coefficient (Wildman–Crippen LogP) is 3.12. The molecule has 1 atom stereocenters. The molecule has 46 valence electrons. The van der Waals surface area contributed by atoms with Crippen molar-refractivity contribution >= 4 is 43.6 Å². The Balaban J connectivity index is 2.67. The van der Waals surface area contributed by atoms with Crippen molar-refractivity contribution < 1.29 is 0 Å². The molecule has 0 fully saturated rings. The van der Waals surface area contributed by atoms with Crippen LogP contribution in [0.2, 0.25) is 0 Å². The van der Waals surface area contributed by atoms with Crippen molar-refractivity contribution in [1.29, 1.82) is 0 Å². The molecule has 8 heavy (non-hydrogen) atoms. The van der Waals surface area contributed by atoms with Crippen LogP contribution in [0.15, 0.2) is 11.5 Å². The number of allylic oxidation sites excluding steroid dienone is 1. The molecular formula is C5H6Br2S. The summed E-state index contributed by atoms with van der Waals surface area (Å²) in [5.41, 5.74) is 0. The van der Waals surface area contributed by atoms with Crippen molar-refractivity contribution in [3.63, 3.8) is 0 Å². The van der Waals surface area contributed by atoms with Crippen molar-refractivity contribution in [2.75, 3.05) is 0 Å². The Labute approximate surface area is 70.4 Å². The summed E-state index contributed by atoms with van der Waals surface area (Å²) in [4.78, 5) is 0. The van der Waals surface area contributed by atoms with Crippen LogP contribution in [0.1, 0.15) is 6.92 Å². The van der Waals surface area contributed by atoms with Gasteiger partial charge < -0.3 is 0 Å². The monoisotopic (exact) mass is 256 g/mol. The number of hydrogen-bond acceptors (Lipinski definition) is 1. The molecule has 0 aromatic carbocycles. The summed E-state index contributed by atoms with van der Waals surface area (Å²) in [6.07, 6.45) is 2.11. The standard InChI is InChI=1S/C5H6Br2S/c1-4-5(6,7)2-3-8-4/h2-4H,1H3. The molecule has 3 heteroatoms. The highest BCUT2D eigenvalue weighted by atomic mass is 79.9. The van der Waals surface area contributed by atoms with Gasteiger partial charge in [-0.25, -0.2) is 0 Å². The number of hydrogen-bond donors (Lipinski definition) is 0. The van der Waals surface area contributed by atoms with Crippen LogP contribution in [0, 0.1) is 0 Å². The average Bonchev–Trinajstić information content (AvgIpc) is 1.86. The van der Waals surface area contributed by atoms with Crippen LogP contribution in [0.4, 0.5) is 0 Å². The van der Waals surface area contributed by atoms with E-state index in [9.17, 15) is 0 Å². The lowest BCUT2D eigenvalue weighted by Crippen LogP contribution is -2.16. The Morgan fingerprint density at radius 3 is 2.38 bits per heavy atom. The topological polar surface area (TPSA) is 0 Å². The minimum atomic E-state index is 0.0602. The van der Waals surface area contributed by atoms with Gasteiger partial charge in [0.2, 0.25) is 0 Å². The zero-order valence-corrected chi connectivity index (χ0v) is 8.38. The van der Waals surface area contributed by atoms with Gasteiger partial charge in [0, 0.05) is 5.25 Å². The number of rotatable bonds is 0. The molecule has 1 aliphatic rings. The first-order chi connectivity index (χ1) is 3.63. The van der Waals surface area contributed by atoms with Gasteiger partial charge >= 0.3 is 0 Å². The van der Waals surface area contributed by atoms with Crippen LogP contribution in [0.5, 0.6) is 0 Å². The maximum Gasteiger partial charge on any atom is 0.111 e. The molecule has 0 aromatic rings. The van der Waals surface area contributed by atoms with E-state index >= 15 is 0 Å². The molecule has 1 rings (SSSR count). The molecule has 0 saturated carbocycles. The highest BCUT2D eigenvalue weighted by Gasteiger charge is 2.30. The lowest BCUT2D eigenvalue weighted by atomic mass is 10.3. The van der Waals surface area contributed by atoms with E-state index in [-0.39, 0.29) is 3.23 Å². The SMILES string of the molecule is CC1SC=CC1(Br)Br. The van der Waals surface area contributed by atoms with E-state index in [4.69, 9.17) is 0 Å². The van der Waals surface area contributed by atoms with E-state index in [1.165, 1.54) is 0 Å². The summed E-state index contributed by atoms with van der Waals surface area (Å²) in [5.74, 6) is 0. The fourth-order valence-electron chi connectivity index (χ4n) is 0.474. The molecule has 1 heterocycles. The van der Waals surface area contributed by atoms with Gasteiger partial charge in [-0.1, -0.05) is 38.8 Å². The molecule has 1 unspecified atom stereocenters. The van der Waals surface area contributed by atoms with Gasteiger partial charge in [-0.2, -0.15) is 0 Å². The van der Waals surface area contributed by atoms with Gasteiger partial charge in [0.15, 0.2) is 0 Å². The van der Waals surface area contributed by atoms with E-state index in [1.807, 2.05) is 11.8 Å². The minimum absolute atomic E-state index is 0.0602. The van der Waals surface area contributed by atoms with Gasteiger partial charge in [-0.15, -0.1) is 11.8 Å². The van der Waals surface area contributed by atoms with Gasteiger partial charge in [-0.05, 0) is 11.5 Å². The summed E-state index contributed by atoms with van der Waals surface area (Å²) in [5, 5.41) is 2.70. The Morgan fingerprint density at radius 1 is 1.62 bits per heavy atom. The fourth-order valence-corrected chi connectivity index (χ4v) is 2.52. The van der Waals surface area contributed by atoms with E-state index in [1.54, 1.807) is 0 Å². The third-order valence-electron chi connectivity index (χ3n) is 1.11. The Morgan fingerprint density at radius 2 is 2.25 bits per heavy atom. The lowest BCUT2D eigenvalue weighted by molar-refractivity contribution is 0.994. The van der Waals surface area contributed by atoms with Crippen LogP contribution in [0.25, 0.3) is 0 Å². The molecule has 0 N–H and O–H groups in total. The largest absolute Gasteiger partial charge is 0.129 e. The molecule has 0 saturated heterocycles. The zero-order chi connectivity index (χ0) is 6.20. The summed E-state index contributed by atoms with van der Waals surface area (Å²) in [6.45, 7) is 2.17. The van der Waals surface area contributed by atoms with E-state index in [0.717, 1.165) is 0 Å². The molecule has 0 amide bonds. The van der Waals surface area contributed by atoms with Crippen LogP contribution < -0.4 is 0 Å². The van der Waals surface area contributed by atoms with Gasteiger partial charge in [0.25, 0.3) is 0 Å². The zero-order valence-electron chi connectivity index (χ0n) is 4.40. The highest BCUT2D eigenvalue weighted by Crippen LogP contribution is 2.44. The van der Waals surface area contributed by atoms with E-state index < -0.39 is 0 Å². The first kappa shape index (κ1) is 7.16. The predicted molar refractivity (Wildman–Crippen MR) is 46.8 cm³/mol. The maximum absolute atomic E-state index is 3.52. The molecule has 0 spiro atoms. The smallest absolute Gasteiger partial charge is 0.111 e. The summed E-state index contributed by atoms with van der Waals surface area (Å²) in [6, 6.07) is 0. The minimum Gasteiger partial charge on any atom is -0.129 e. The summed E-state index contributed by atoms with van der Waals surface area (Å²) < 4.78 is 0.0602. The molecule has 0 radical (unpaired) electrons. The molecule has 0 bridgehead atoms. The van der Waals surface area contributed by atoms with Gasteiger partial charge in [0.05, 0.1) is 0 Å². The van der Waals surface area contributed by atoms with Crippen molar-refractivity contribution in [2.24, 2.45) is 0 Å².